The molecule has 1 heterocycles. The second-order valence-corrected chi connectivity index (χ2v) is 4.78. The van der Waals surface area contributed by atoms with Crippen molar-refractivity contribution in [1.29, 1.82) is 0 Å². The van der Waals surface area contributed by atoms with Crippen LogP contribution in [0.2, 0.25) is 0 Å². The number of carboxylic acid groups (broad SMARTS) is 1. The summed E-state index contributed by atoms with van der Waals surface area (Å²) in [5.41, 5.74) is 1.25. The van der Waals surface area contributed by atoms with E-state index in [0.29, 0.717) is 10.8 Å². The third kappa shape index (κ3) is 3.96. The third-order valence-electron chi connectivity index (χ3n) is 2.42. The molecule has 19 heavy (non-hydrogen) atoms. The standard InChI is InChI=1S/C15H13NO2S/c17-15(18)13-9-4-10-16-14(13)19-11-5-8-12-6-2-1-3-7-12/h1-10H,11H2,(H,17,18)/p-1/b8-5+. The Hall–Kier alpha value is -2.07. The van der Waals surface area contributed by atoms with Crippen LogP contribution in [0.1, 0.15) is 15.9 Å². The van der Waals surface area contributed by atoms with Crippen molar-refractivity contribution in [3.05, 3.63) is 65.9 Å². The van der Waals surface area contributed by atoms with Crippen molar-refractivity contribution in [3.8, 4) is 0 Å². The van der Waals surface area contributed by atoms with Crippen LogP contribution in [-0.4, -0.2) is 16.7 Å². The Morgan fingerprint density at radius 1 is 1.21 bits per heavy atom. The summed E-state index contributed by atoms with van der Waals surface area (Å²) in [6.07, 6.45) is 5.55. The molecule has 0 atom stereocenters. The molecule has 1 aromatic carbocycles. The topological polar surface area (TPSA) is 53.0 Å². The number of pyridine rings is 1. The van der Waals surface area contributed by atoms with E-state index >= 15 is 0 Å². The first-order valence-electron chi connectivity index (χ1n) is 5.78. The van der Waals surface area contributed by atoms with Crippen molar-refractivity contribution in [1.82, 2.24) is 4.98 Å². The van der Waals surface area contributed by atoms with Crippen LogP contribution in [0.4, 0.5) is 0 Å². The van der Waals surface area contributed by atoms with Gasteiger partial charge >= 0.3 is 0 Å². The zero-order valence-electron chi connectivity index (χ0n) is 10.2. The van der Waals surface area contributed by atoms with Gasteiger partial charge in [-0.1, -0.05) is 42.5 Å². The maximum atomic E-state index is 10.9. The molecule has 0 spiro atoms. The fourth-order valence-electron chi connectivity index (χ4n) is 1.54. The molecule has 0 N–H and O–H groups in total. The molecular weight excluding hydrogens is 258 g/mol. The predicted molar refractivity (Wildman–Crippen MR) is 74.8 cm³/mol. The van der Waals surface area contributed by atoms with Gasteiger partial charge in [0.1, 0.15) is 5.03 Å². The number of carboxylic acids is 1. The number of hydrogen-bond acceptors (Lipinski definition) is 4. The van der Waals surface area contributed by atoms with Gasteiger partial charge in [0.25, 0.3) is 0 Å². The summed E-state index contributed by atoms with van der Waals surface area (Å²) in [4.78, 5) is 14.9. The molecule has 1 aromatic heterocycles. The van der Waals surface area contributed by atoms with E-state index in [2.05, 4.69) is 4.98 Å². The highest BCUT2D eigenvalue weighted by atomic mass is 32.2. The van der Waals surface area contributed by atoms with Gasteiger partial charge in [-0.25, -0.2) is 4.98 Å². The normalized spacial score (nSPS) is 10.7. The smallest absolute Gasteiger partial charge is 0.105 e. The number of hydrogen-bond donors (Lipinski definition) is 0. The minimum atomic E-state index is -1.19. The number of aromatic nitrogens is 1. The maximum absolute atomic E-state index is 10.9. The SMILES string of the molecule is O=C([O-])c1cccnc1SC/C=C/c1ccccc1. The second kappa shape index (κ2) is 6.75. The highest BCUT2D eigenvalue weighted by Gasteiger charge is 2.03. The molecule has 0 amide bonds. The number of carbonyl (C=O) groups excluding carboxylic acids is 1. The van der Waals surface area contributed by atoms with Crippen LogP contribution < -0.4 is 5.11 Å². The maximum Gasteiger partial charge on any atom is 0.105 e. The van der Waals surface area contributed by atoms with E-state index in [1.54, 1.807) is 12.3 Å². The molecule has 2 rings (SSSR count). The Balaban J connectivity index is 1.96. The number of aromatic carboxylic acids is 1. The van der Waals surface area contributed by atoms with Crippen LogP contribution in [0.5, 0.6) is 0 Å². The van der Waals surface area contributed by atoms with Crippen molar-refractivity contribution < 1.29 is 9.90 Å². The fourth-order valence-corrected chi connectivity index (χ4v) is 2.33. The van der Waals surface area contributed by atoms with Crippen LogP contribution >= 0.6 is 11.8 Å². The average molecular weight is 270 g/mol. The lowest BCUT2D eigenvalue weighted by atomic mass is 10.2. The number of carbonyl (C=O) groups is 1. The molecule has 3 nitrogen and oxygen atoms in total. The average Bonchev–Trinajstić information content (AvgIpc) is 2.45. The van der Waals surface area contributed by atoms with E-state index in [1.807, 2.05) is 42.5 Å². The number of nitrogens with zero attached hydrogens (tertiary/aromatic N) is 1. The second-order valence-electron chi connectivity index (χ2n) is 3.77. The number of benzene rings is 1. The number of thioether (sulfide) groups is 1. The molecule has 2 aromatic rings. The van der Waals surface area contributed by atoms with Crippen molar-refractivity contribution in [2.45, 2.75) is 5.03 Å². The summed E-state index contributed by atoms with van der Waals surface area (Å²) >= 11 is 1.38. The van der Waals surface area contributed by atoms with Crippen LogP contribution in [0.25, 0.3) is 6.08 Å². The Kier molecular flexibility index (Phi) is 4.75. The Morgan fingerprint density at radius 3 is 2.74 bits per heavy atom. The van der Waals surface area contributed by atoms with Crippen molar-refractivity contribution >= 4 is 23.8 Å². The van der Waals surface area contributed by atoms with Crippen molar-refractivity contribution in [2.24, 2.45) is 0 Å². The van der Waals surface area contributed by atoms with E-state index in [9.17, 15) is 9.90 Å². The summed E-state index contributed by atoms with van der Waals surface area (Å²) in [6, 6.07) is 13.0. The summed E-state index contributed by atoms with van der Waals surface area (Å²) in [6.45, 7) is 0. The summed E-state index contributed by atoms with van der Waals surface area (Å²) in [5.74, 6) is -0.533. The van der Waals surface area contributed by atoms with Gasteiger partial charge in [0.2, 0.25) is 0 Å². The minimum absolute atomic E-state index is 0.139. The molecule has 0 aliphatic heterocycles. The molecule has 0 saturated carbocycles. The largest absolute Gasteiger partial charge is 0.545 e. The van der Waals surface area contributed by atoms with E-state index < -0.39 is 5.97 Å². The van der Waals surface area contributed by atoms with E-state index in [1.165, 1.54) is 17.8 Å². The quantitative estimate of drug-likeness (QED) is 0.782. The van der Waals surface area contributed by atoms with Crippen LogP contribution in [0.3, 0.4) is 0 Å². The Labute approximate surface area is 116 Å². The van der Waals surface area contributed by atoms with Crippen LogP contribution in [-0.2, 0) is 0 Å². The van der Waals surface area contributed by atoms with Gasteiger partial charge in [0, 0.05) is 17.5 Å². The first kappa shape index (κ1) is 13.4. The number of rotatable bonds is 5. The first-order chi connectivity index (χ1) is 9.27. The molecule has 0 saturated heterocycles. The lowest BCUT2D eigenvalue weighted by Gasteiger charge is -2.06. The van der Waals surface area contributed by atoms with Crippen LogP contribution in [0.15, 0.2) is 59.8 Å². The highest BCUT2D eigenvalue weighted by Crippen LogP contribution is 2.19. The molecule has 0 aliphatic carbocycles. The summed E-state index contributed by atoms with van der Waals surface area (Å²) in [5, 5.41) is 11.4. The highest BCUT2D eigenvalue weighted by molar-refractivity contribution is 7.99. The van der Waals surface area contributed by atoms with E-state index in [-0.39, 0.29) is 5.56 Å². The van der Waals surface area contributed by atoms with Gasteiger partial charge in [-0.2, -0.15) is 0 Å². The van der Waals surface area contributed by atoms with Gasteiger partial charge in [-0.3, -0.25) is 0 Å². The minimum Gasteiger partial charge on any atom is -0.545 e. The summed E-state index contributed by atoms with van der Waals surface area (Å²) < 4.78 is 0. The Morgan fingerprint density at radius 2 is 2.00 bits per heavy atom. The van der Waals surface area contributed by atoms with Gasteiger partial charge in [0.05, 0.1) is 5.97 Å². The third-order valence-corrected chi connectivity index (χ3v) is 3.38. The molecule has 0 bridgehead atoms. The molecule has 0 aliphatic rings. The zero-order chi connectivity index (χ0) is 13.5. The van der Waals surface area contributed by atoms with Gasteiger partial charge in [-0.05, 0) is 17.7 Å². The molecule has 4 heteroatoms. The van der Waals surface area contributed by atoms with Gasteiger partial charge < -0.3 is 9.90 Å². The Bertz CT molecular complexity index is 582. The first-order valence-corrected chi connectivity index (χ1v) is 6.76. The van der Waals surface area contributed by atoms with E-state index in [4.69, 9.17) is 0 Å². The van der Waals surface area contributed by atoms with Crippen LogP contribution in [0, 0.1) is 0 Å². The molecule has 0 unspecified atom stereocenters. The molecule has 0 radical (unpaired) electrons. The molecular formula is C15H12NO2S-. The zero-order valence-corrected chi connectivity index (χ0v) is 11.0. The fraction of sp³-hybridized carbons (Fsp3) is 0.0667. The lowest BCUT2D eigenvalue weighted by Crippen LogP contribution is -2.23. The lowest BCUT2D eigenvalue weighted by molar-refractivity contribution is -0.255. The molecule has 96 valence electrons. The predicted octanol–water partition coefficient (Wildman–Crippen LogP) is 2.25. The van der Waals surface area contributed by atoms with E-state index in [0.717, 1.165) is 5.56 Å². The van der Waals surface area contributed by atoms with Crippen molar-refractivity contribution in [3.63, 3.8) is 0 Å². The van der Waals surface area contributed by atoms with Crippen molar-refractivity contribution in [2.75, 3.05) is 5.75 Å². The monoisotopic (exact) mass is 270 g/mol. The molecule has 0 fully saturated rings. The van der Waals surface area contributed by atoms with Gasteiger partial charge in [0.15, 0.2) is 0 Å². The summed E-state index contributed by atoms with van der Waals surface area (Å²) in [7, 11) is 0. The van der Waals surface area contributed by atoms with Gasteiger partial charge in [-0.15, -0.1) is 11.8 Å².